The number of halogens is 1. The number of fused-ring (bicyclic) bond motifs is 1. The number of likely N-dealkylation sites (tertiary alicyclic amines) is 1. The van der Waals surface area contributed by atoms with Crippen LogP contribution in [0.15, 0.2) is 36.5 Å². The van der Waals surface area contributed by atoms with E-state index in [1.54, 1.807) is 6.20 Å². The number of aromatic nitrogens is 2. The minimum atomic E-state index is -0.387. The van der Waals surface area contributed by atoms with Gasteiger partial charge in [0.1, 0.15) is 11.7 Å². The van der Waals surface area contributed by atoms with Gasteiger partial charge in [-0.1, -0.05) is 29.8 Å². The van der Waals surface area contributed by atoms with Gasteiger partial charge in [-0.15, -0.1) is 0 Å². The van der Waals surface area contributed by atoms with Crippen molar-refractivity contribution in [3.63, 3.8) is 0 Å². The summed E-state index contributed by atoms with van der Waals surface area (Å²) in [5.41, 5.74) is 4.90. The average Bonchev–Trinajstić information content (AvgIpc) is 3.73. The van der Waals surface area contributed by atoms with Crippen LogP contribution in [-0.2, 0) is 9.59 Å². The van der Waals surface area contributed by atoms with Gasteiger partial charge >= 0.3 is 0 Å². The molecular formula is C27H28ClN5O2. The van der Waals surface area contributed by atoms with Crippen LogP contribution in [0.3, 0.4) is 0 Å². The van der Waals surface area contributed by atoms with E-state index in [-0.39, 0.29) is 23.5 Å². The smallest absolute Gasteiger partial charge is 0.244 e. The first-order chi connectivity index (χ1) is 16.9. The van der Waals surface area contributed by atoms with E-state index in [2.05, 4.69) is 46.7 Å². The van der Waals surface area contributed by atoms with Crippen molar-refractivity contribution in [2.75, 3.05) is 19.6 Å². The number of aromatic amines is 1. The normalized spacial score (nSPS) is 23.4. The van der Waals surface area contributed by atoms with E-state index in [4.69, 9.17) is 11.6 Å². The zero-order chi connectivity index (χ0) is 23.9. The summed E-state index contributed by atoms with van der Waals surface area (Å²) in [4.78, 5) is 29.7. The van der Waals surface area contributed by atoms with Crippen molar-refractivity contribution < 1.29 is 9.59 Å². The van der Waals surface area contributed by atoms with E-state index in [1.165, 1.54) is 0 Å². The minimum absolute atomic E-state index is 0.133. The molecule has 1 atom stereocenters. The lowest BCUT2D eigenvalue weighted by atomic mass is 9.96. The molecule has 1 spiro atoms. The van der Waals surface area contributed by atoms with Crippen molar-refractivity contribution in [3.8, 4) is 11.1 Å². The lowest BCUT2D eigenvalue weighted by Crippen LogP contribution is -2.55. The maximum atomic E-state index is 13.4. The van der Waals surface area contributed by atoms with E-state index in [0.29, 0.717) is 23.4 Å². The van der Waals surface area contributed by atoms with Crippen molar-refractivity contribution in [2.45, 2.75) is 44.3 Å². The summed E-state index contributed by atoms with van der Waals surface area (Å²) in [6, 6.07) is 10.5. The molecule has 2 saturated heterocycles. The van der Waals surface area contributed by atoms with Gasteiger partial charge in [-0.3, -0.25) is 20.0 Å². The predicted octanol–water partition coefficient (Wildman–Crippen LogP) is 4.02. The van der Waals surface area contributed by atoms with E-state index < -0.39 is 0 Å². The fourth-order valence-electron chi connectivity index (χ4n) is 5.78. The Morgan fingerprint density at radius 3 is 2.69 bits per heavy atom. The maximum Gasteiger partial charge on any atom is 0.244 e. The fraction of sp³-hybridized carbons (Fsp3) is 0.444. The number of nitrogens with one attached hydrogen (secondary N) is 2. The van der Waals surface area contributed by atoms with Crippen LogP contribution in [0, 0.1) is 18.8 Å². The average molecular weight is 490 g/mol. The third kappa shape index (κ3) is 3.47. The first kappa shape index (κ1) is 21.4. The molecule has 2 aromatic carbocycles. The number of aryl methyl sites for hydroxylation is 1. The molecule has 8 heteroatoms. The lowest BCUT2D eigenvalue weighted by Gasteiger charge is -2.42. The molecule has 3 aromatic rings. The number of amides is 2. The maximum absolute atomic E-state index is 13.4. The number of rotatable bonds is 5. The Hall–Kier alpha value is -2.90. The Bertz CT molecular complexity index is 1370. The molecular weight excluding hydrogens is 462 g/mol. The third-order valence-corrected chi connectivity index (χ3v) is 8.51. The molecule has 4 aliphatic rings. The van der Waals surface area contributed by atoms with Crippen molar-refractivity contribution in [3.05, 3.63) is 52.7 Å². The highest BCUT2D eigenvalue weighted by Crippen LogP contribution is 2.47. The Morgan fingerprint density at radius 2 is 1.97 bits per heavy atom. The monoisotopic (exact) mass is 489 g/mol. The first-order valence-electron chi connectivity index (χ1n) is 12.5. The number of hydrogen-bond acceptors (Lipinski definition) is 4. The van der Waals surface area contributed by atoms with Crippen LogP contribution < -0.4 is 5.32 Å². The summed E-state index contributed by atoms with van der Waals surface area (Å²) >= 11 is 6.48. The van der Waals surface area contributed by atoms with Crippen LogP contribution in [0.5, 0.6) is 0 Å². The second-order valence-corrected chi connectivity index (χ2v) is 11.2. The fourth-order valence-corrected chi connectivity index (χ4v) is 6.05. The summed E-state index contributed by atoms with van der Waals surface area (Å²) in [5.74, 6) is 1.14. The molecule has 2 amide bonds. The van der Waals surface area contributed by atoms with Crippen molar-refractivity contribution in [1.82, 2.24) is 25.3 Å². The number of benzene rings is 2. The molecule has 35 heavy (non-hydrogen) atoms. The predicted molar refractivity (Wildman–Crippen MR) is 134 cm³/mol. The largest absolute Gasteiger partial charge is 0.342 e. The number of carbonyl (C=O) groups excluding carboxylic acids is 2. The summed E-state index contributed by atoms with van der Waals surface area (Å²) in [5, 5.41) is 12.4. The highest BCUT2D eigenvalue weighted by Gasteiger charge is 2.60. The Labute approximate surface area is 208 Å². The number of nitrogens with zero attached hydrogens (tertiary/aromatic N) is 3. The minimum Gasteiger partial charge on any atom is -0.342 e. The van der Waals surface area contributed by atoms with Gasteiger partial charge in [0.15, 0.2) is 0 Å². The van der Waals surface area contributed by atoms with E-state index in [9.17, 15) is 9.59 Å². The van der Waals surface area contributed by atoms with Gasteiger partial charge in [-0.25, -0.2) is 0 Å². The zero-order valence-electron chi connectivity index (χ0n) is 19.7. The number of hydrogen-bond donors (Lipinski definition) is 2. The van der Waals surface area contributed by atoms with Gasteiger partial charge in [0.05, 0.1) is 16.7 Å². The molecule has 1 aromatic heterocycles. The summed E-state index contributed by atoms with van der Waals surface area (Å²) in [7, 11) is 0. The molecule has 1 unspecified atom stereocenters. The molecule has 2 aliphatic carbocycles. The van der Waals surface area contributed by atoms with Gasteiger partial charge in [0, 0.05) is 36.9 Å². The van der Waals surface area contributed by atoms with Crippen LogP contribution in [0.2, 0.25) is 5.02 Å². The Morgan fingerprint density at radius 1 is 1.17 bits per heavy atom. The molecule has 0 bridgehead atoms. The Balaban J connectivity index is 1.14. The second-order valence-electron chi connectivity index (χ2n) is 10.8. The molecule has 2 saturated carbocycles. The first-order valence-corrected chi connectivity index (χ1v) is 12.9. The van der Waals surface area contributed by atoms with Gasteiger partial charge in [0.2, 0.25) is 11.8 Å². The Kier molecular flexibility index (Phi) is 4.61. The topological polar surface area (TPSA) is 81.3 Å². The van der Waals surface area contributed by atoms with Crippen molar-refractivity contribution in [1.29, 1.82) is 0 Å². The molecule has 0 radical (unpaired) electrons. The quantitative estimate of drug-likeness (QED) is 0.567. The molecule has 2 aliphatic heterocycles. The number of carbonyl (C=O) groups is 2. The van der Waals surface area contributed by atoms with E-state index in [1.807, 2.05) is 15.9 Å². The van der Waals surface area contributed by atoms with Gasteiger partial charge in [-0.2, -0.15) is 5.10 Å². The van der Waals surface area contributed by atoms with Crippen LogP contribution >= 0.6 is 11.6 Å². The van der Waals surface area contributed by atoms with Gasteiger partial charge in [0.25, 0.3) is 0 Å². The van der Waals surface area contributed by atoms with E-state index in [0.717, 1.165) is 71.9 Å². The van der Waals surface area contributed by atoms with Crippen molar-refractivity contribution in [2.24, 2.45) is 11.8 Å². The van der Waals surface area contributed by atoms with Gasteiger partial charge in [-0.05, 0) is 67.0 Å². The standard InChI is InChI=1S/C27H28ClN5O2/c1-15-8-18(19-9-22(28)21-11-29-31-23(21)10-19)4-5-20(15)24-30-27(6-7-27)26(35)33(24)14-16-12-32(13-16)25(34)17-2-3-17/h4-5,8-11,16-17,24,30H,2-3,6-7,12-14H2,1H3,(H,29,31). The molecule has 7 nitrogen and oxygen atoms in total. The van der Waals surface area contributed by atoms with Crippen LogP contribution in [0.4, 0.5) is 0 Å². The van der Waals surface area contributed by atoms with Crippen LogP contribution in [0.25, 0.3) is 22.0 Å². The molecule has 7 rings (SSSR count). The molecule has 3 heterocycles. The third-order valence-electron chi connectivity index (χ3n) is 8.20. The van der Waals surface area contributed by atoms with Crippen LogP contribution in [0.1, 0.15) is 43.0 Å². The summed E-state index contributed by atoms with van der Waals surface area (Å²) in [6.07, 6.45) is 5.48. The zero-order valence-corrected chi connectivity index (χ0v) is 20.4. The van der Waals surface area contributed by atoms with Crippen LogP contribution in [-0.4, -0.2) is 57.0 Å². The molecule has 4 fully saturated rings. The number of H-pyrrole nitrogens is 1. The van der Waals surface area contributed by atoms with Gasteiger partial charge < -0.3 is 9.80 Å². The second kappa shape index (κ2) is 7.55. The van der Waals surface area contributed by atoms with Crippen molar-refractivity contribution >= 4 is 34.3 Å². The highest BCUT2D eigenvalue weighted by molar-refractivity contribution is 6.35. The SMILES string of the molecule is Cc1cc(-c2cc(Cl)c3cn[nH]c3c2)ccc1C1NC2(CC2)C(=O)N1CC1CN(C(=O)C2CC2)C1. The summed E-state index contributed by atoms with van der Waals surface area (Å²) in [6.45, 7) is 4.35. The lowest BCUT2D eigenvalue weighted by molar-refractivity contribution is -0.140. The van der Waals surface area contributed by atoms with E-state index >= 15 is 0 Å². The highest BCUT2D eigenvalue weighted by atomic mass is 35.5. The molecule has 2 N–H and O–H groups in total. The molecule has 180 valence electrons. The summed E-state index contributed by atoms with van der Waals surface area (Å²) < 4.78 is 0.